The van der Waals surface area contributed by atoms with Gasteiger partial charge in [-0.3, -0.25) is 37.3 Å². The fourth-order valence-electron chi connectivity index (χ4n) is 11.7. The second-order valence-electron chi connectivity index (χ2n) is 28.3. The van der Waals surface area contributed by atoms with Crippen LogP contribution >= 0.6 is 15.6 Å². The van der Waals surface area contributed by atoms with E-state index in [2.05, 4.69) is 41.5 Å². The lowest BCUT2D eigenvalue weighted by Crippen LogP contribution is -2.30. The lowest BCUT2D eigenvalue weighted by atomic mass is 10.0. The van der Waals surface area contributed by atoms with E-state index >= 15 is 0 Å². The molecule has 0 radical (unpaired) electrons. The van der Waals surface area contributed by atoms with Gasteiger partial charge in [0.1, 0.15) is 19.3 Å². The van der Waals surface area contributed by atoms with Crippen molar-refractivity contribution >= 4 is 39.5 Å². The maximum absolute atomic E-state index is 13.1. The fraction of sp³-hybridized carbons (Fsp3) is 0.947. The Labute approximate surface area is 581 Å². The average molecular weight is 1400 g/mol. The summed E-state index contributed by atoms with van der Waals surface area (Å²) in [5, 5.41) is 10.6. The Morgan fingerprint density at radius 2 is 0.484 bits per heavy atom. The number of carbonyl (C=O) groups is 4. The van der Waals surface area contributed by atoms with Crippen LogP contribution in [0.1, 0.15) is 395 Å². The summed E-state index contributed by atoms with van der Waals surface area (Å²) in [6, 6.07) is 0. The molecule has 0 heterocycles. The lowest BCUT2D eigenvalue weighted by molar-refractivity contribution is -0.161. The monoisotopic (exact) mass is 1400 g/mol. The molecule has 0 spiro atoms. The third-order valence-corrected chi connectivity index (χ3v) is 19.6. The van der Waals surface area contributed by atoms with Crippen LogP contribution in [-0.2, 0) is 65.4 Å². The molecule has 2 unspecified atom stereocenters. The quantitative estimate of drug-likeness (QED) is 0.0222. The first-order valence-corrected chi connectivity index (χ1v) is 42.5. The van der Waals surface area contributed by atoms with Gasteiger partial charge in [0.2, 0.25) is 0 Å². The van der Waals surface area contributed by atoms with Gasteiger partial charge < -0.3 is 33.8 Å². The largest absolute Gasteiger partial charge is 0.472 e. The van der Waals surface area contributed by atoms with E-state index < -0.39 is 97.5 Å². The molecule has 0 rings (SSSR count). The summed E-state index contributed by atoms with van der Waals surface area (Å²) in [5.74, 6) is -0.597. The zero-order valence-corrected chi connectivity index (χ0v) is 63.8. The molecule has 0 amide bonds. The van der Waals surface area contributed by atoms with Crippen LogP contribution in [0.5, 0.6) is 0 Å². The van der Waals surface area contributed by atoms with Crippen molar-refractivity contribution < 1.29 is 80.2 Å². The van der Waals surface area contributed by atoms with E-state index in [1.807, 2.05) is 0 Å². The predicted octanol–water partition coefficient (Wildman–Crippen LogP) is 22.3. The molecule has 3 N–H and O–H groups in total. The van der Waals surface area contributed by atoms with Crippen molar-refractivity contribution in [2.75, 3.05) is 39.6 Å². The molecule has 0 bridgehead atoms. The summed E-state index contributed by atoms with van der Waals surface area (Å²) < 4.78 is 68.6. The second kappa shape index (κ2) is 67.9. The summed E-state index contributed by atoms with van der Waals surface area (Å²) in [6.45, 7) is 9.59. The highest BCUT2D eigenvalue weighted by Gasteiger charge is 2.30. The number of phosphoric ester groups is 2. The van der Waals surface area contributed by atoms with Crippen LogP contribution < -0.4 is 0 Å². The summed E-state index contributed by atoms with van der Waals surface area (Å²) in [7, 11) is -9.91. The van der Waals surface area contributed by atoms with Crippen molar-refractivity contribution in [3.63, 3.8) is 0 Å². The number of esters is 4. The van der Waals surface area contributed by atoms with Gasteiger partial charge >= 0.3 is 39.5 Å². The van der Waals surface area contributed by atoms with Crippen LogP contribution in [0.4, 0.5) is 0 Å². The van der Waals surface area contributed by atoms with Crippen molar-refractivity contribution in [1.82, 2.24) is 0 Å². The molecule has 0 aromatic rings. The third-order valence-electron chi connectivity index (χ3n) is 17.7. The highest BCUT2D eigenvalue weighted by molar-refractivity contribution is 7.47. The molecule has 0 saturated carbocycles. The first-order chi connectivity index (χ1) is 45.9. The molecule has 0 aliphatic heterocycles. The summed E-state index contributed by atoms with van der Waals surface area (Å²) in [4.78, 5) is 72.9. The topological polar surface area (TPSA) is 237 Å². The number of hydrogen-bond donors (Lipinski definition) is 3. The summed E-state index contributed by atoms with van der Waals surface area (Å²) in [6.07, 6.45) is 55.3. The molecule has 0 aliphatic carbocycles. The van der Waals surface area contributed by atoms with Crippen LogP contribution in [0.25, 0.3) is 0 Å². The van der Waals surface area contributed by atoms with Gasteiger partial charge in [0.25, 0.3) is 0 Å². The van der Waals surface area contributed by atoms with Crippen LogP contribution in [-0.4, -0.2) is 96.7 Å². The van der Waals surface area contributed by atoms with Gasteiger partial charge in [0.05, 0.1) is 26.4 Å². The van der Waals surface area contributed by atoms with Crippen molar-refractivity contribution in [3.8, 4) is 0 Å². The Bertz CT molecular complexity index is 1840. The standard InChI is InChI=1S/C76H148O17P2/c1-7-9-11-13-15-17-19-21-23-25-29-36-43-49-55-61-76(81)92-71(64-86-73(78)58-52-46-40-34-30-26-27-32-38-44-50-56-68(3)4)66-90-94(82,83)88-62-70(77)63-89-95(84,85)91-67-72(65-87-74(79)59-53-47-41-37-31-33-39-45-51-57-69(5)6)93-75(80)60-54-48-42-35-28-24-22-20-18-16-14-12-10-8-2/h68-72,77H,7-67H2,1-6H3,(H,82,83)(H,84,85)/t70-,71-,72-/m1/s1. The molecule has 0 aliphatic rings. The number of hydrogen-bond acceptors (Lipinski definition) is 15. The van der Waals surface area contributed by atoms with Gasteiger partial charge in [-0.25, -0.2) is 9.13 Å². The van der Waals surface area contributed by atoms with Crippen molar-refractivity contribution in [2.24, 2.45) is 11.8 Å². The molecular weight excluding hydrogens is 1250 g/mol. The third kappa shape index (κ3) is 70.3. The molecule has 564 valence electrons. The summed E-state index contributed by atoms with van der Waals surface area (Å²) >= 11 is 0. The highest BCUT2D eigenvalue weighted by atomic mass is 31.2. The number of ether oxygens (including phenoxy) is 4. The lowest BCUT2D eigenvalue weighted by Gasteiger charge is -2.21. The van der Waals surface area contributed by atoms with E-state index in [1.54, 1.807) is 0 Å². The van der Waals surface area contributed by atoms with Gasteiger partial charge in [-0.05, 0) is 37.5 Å². The smallest absolute Gasteiger partial charge is 0.462 e. The molecule has 5 atom stereocenters. The molecular formula is C76H148O17P2. The minimum atomic E-state index is -4.96. The Morgan fingerprint density at radius 1 is 0.284 bits per heavy atom. The molecule has 95 heavy (non-hydrogen) atoms. The molecule has 0 aromatic carbocycles. The number of carbonyl (C=O) groups excluding carboxylic acids is 4. The second-order valence-corrected chi connectivity index (χ2v) is 31.3. The molecule has 0 aromatic heterocycles. The van der Waals surface area contributed by atoms with Gasteiger partial charge in [0.15, 0.2) is 12.2 Å². The highest BCUT2D eigenvalue weighted by Crippen LogP contribution is 2.45. The van der Waals surface area contributed by atoms with Gasteiger partial charge in [-0.15, -0.1) is 0 Å². The van der Waals surface area contributed by atoms with Crippen molar-refractivity contribution in [3.05, 3.63) is 0 Å². The van der Waals surface area contributed by atoms with Crippen LogP contribution in [0.3, 0.4) is 0 Å². The normalized spacial score (nSPS) is 14.0. The van der Waals surface area contributed by atoms with E-state index in [4.69, 9.17) is 37.0 Å². The zero-order valence-electron chi connectivity index (χ0n) is 62.0. The van der Waals surface area contributed by atoms with E-state index in [-0.39, 0.29) is 25.7 Å². The first kappa shape index (κ1) is 93.1. The number of unbranched alkanes of at least 4 members (excludes halogenated alkanes) is 45. The van der Waals surface area contributed by atoms with Gasteiger partial charge in [0, 0.05) is 25.7 Å². The van der Waals surface area contributed by atoms with Gasteiger partial charge in [-0.2, -0.15) is 0 Å². The SMILES string of the molecule is CCCCCCCCCCCCCCCCCC(=O)O[C@H](COC(=O)CCCCCCCCCCCCCC(C)C)COP(=O)(O)OC[C@@H](O)COP(=O)(O)OC[C@@H](COC(=O)CCCCCCCCCCCC(C)C)OC(=O)CCCCCCCCCCCCCCCC. The number of aliphatic hydroxyl groups is 1. The van der Waals surface area contributed by atoms with E-state index in [9.17, 15) is 43.2 Å². The van der Waals surface area contributed by atoms with Crippen LogP contribution in [0.15, 0.2) is 0 Å². The molecule has 0 saturated heterocycles. The average Bonchev–Trinajstić information content (AvgIpc) is 3.75. The predicted molar refractivity (Wildman–Crippen MR) is 386 cm³/mol. The minimum Gasteiger partial charge on any atom is -0.462 e. The van der Waals surface area contributed by atoms with E-state index in [0.717, 1.165) is 102 Å². The Morgan fingerprint density at radius 3 is 0.716 bits per heavy atom. The summed E-state index contributed by atoms with van der Waals surface area (Å²) in [5.41, 5.74) is 0. The van der Waals surface area contributed by atoms with Gasteiger partial charge in [-0.1, -0.05) is 343 Å². The zero-order chi connectivity index (χ0) is 70.0. The Kier molecular flexibility index (Phi) is 66.5. The van der Waals surface area contributed by atoms with Crippen LogP contribution in [0, 0.1) is 11.8 Å². The molecule has 17 nitrogen and oxygen atoms in total. The van der Waals surface area contributed by atoms with Crippen molar-refractivity contribution in [1.29, 1.82) is 0 Å². The maximum Gasteiger partial charge on any atom is 0.472 e. The number of aliphatic hydroxyl groups excluding tert-OH is 1. The minimum absolute atomic E-state index is 0.108. The first-order valence-electron chi connectivity index (χ1n) is 39.5. The number of phosphoric acid groups is 2. The van der Waals surface area contributed by atoms with Crippen molar-refractivity contribution in [2.45, 2.75) is 413 Å². The Balaban J connectivity index is 5.27. The fourth-order valence-corrected chi connectivity index (χ4v) is 13.2. The molecule has 19 heteroatoms. The van der Waals surface area contributed by atoms with E-state index in [1.165, 1.54) is 212 Å². The number of rotatable bonds is 75. The van der Waals surface area contributed by atoms with Crippen LogP contribution in [0.2, 0.25) is 0 Å². The molecule has 0 fully saturated rings. The Hall–Kier alpha value is -1.94. The maximum atomic E-state index is 13.1. The van der Waals surface area contributed by atoms with E-state index in [0.29, 0.717) is 25.7 Å².